The molecule has 1 aliphatic heterocycles. The lowest BCUT2D eigenvalue weighted by Gasteiger charge is -2.30. The predicted octanol–water partition coefficient (Wildman–Crippen LogP) is 3.63. The average Bonchev–Trinajstić information content (AvgIpc) is 3.16. The number of nitrogens with zero attached hydrogens (tertiary/aromatic N) is 3. The second kappa shape index (κ2) is 7.59. The molecule has 0 aliphatic carbocycles. The first-order valence-corrected chi connectivity index (χ1v) is 9.99. The number of benzene rings is 2. The molecule has 144 valence electrons. The van der Waals surface area contributed by atoms with Crippen LogP contribution < -0.4 is 9.64 Å². The molecule has 2 amide bonds. The van der Waals surface area contributed by atoms with E-state index in [0.717, 1.165) is 15.2 Å². The number of ether oxygens (including phenoxy) is 1. The van der Waals surface area contributed by atoms with E-state index in [4.69, 9.17) is 4.74 Å². The third-order valence-corrected chi connectivity index (χ3v) is 6.21. The van der Waals surface area contributed by atoms with Crippen LogP contribution in [0.2, 0.25) is 0 Å². The molecule has 4 rings (SSSR count). The van der Waals surface area contributed by atoms with E-state index >= 15 is 0 Å². The van der Waals surface area contributed by atoms with Crippen LogP contribution in [0, 0.1) is 0 Å². The van der Waals surface area contributed by atoms with Gasteiger partial charge in [-0.1, -0.05) is 24.3 Å². The van der Waals surface area contributed by atoms with Crippen LogP contribution in [-0.4, -0.2) is 41.9 Å². The quantitative estimate of drug-likeness (QED) is 0.662. The van der Waals surface area contributed by atoms with Gasteiger partial charge in [-0.25, -0.2) is 4.98 Å². The monoisotopic (exact) mass is 395 g/mol. The van der Waals surface area contributed by atoms with Gasteiger partial charge in [0.2, 0.25) is 5.91 Å². The normalized spacial score (nSPS) is 14.5. The second-order valence-corrected chi connectivity index (χ2v) is 7.81. The van der Waals surface area contributed by atoms with Gasteiger partial charge < -0.3 is 14.5 Å². The Morgan fingerprint density at radius 3 is 2.82 bits per heavy atom. The maximum absolute atomic E-state index is 12.8. The molecule has 0 spiro atoms. The molecule has 0 N–H and O–H groups in total. The maximum Gasteiger partial charge on any atom is 0.265 e. The van der Waals surface area contributed by atoms with Gasteiger partial charge in [0.1, 0.15) is 10.8 Å². The van der Waals surface area contributed by atoms with Crippen molar-refractivity contribution in [2.45, 2.75) is 19.4 Å². The Kier molecular flexibility index (Phi) is 5.00. The van der Waals surface area contributed by atoms with Crippen LogP contribution in [0.4, 0.5) is 5.69 Å². The zero-order valence-electron chi connectivity index (χ0n) is 15.8. The molecule has 1 atom stereocenters. The first-order chi connectivity index (χ1) is 13.5. The van der Waals surface area contributed by atoms with Crippen LogP contribution >= 0.6 is 11.3 Å². The van der Waals surface area contributed by atoms with Crippen molar-refractivity contribution in [3.8, 4) is 5.75 Å². The molecule has 28 heavy (non-hydrogen) atoms. The Balaban J connectivity index is 1.44. The number of rotatable bonds is 5. The number of aromatic nitrogens is 1. The Morgan fingerprint density at radius 1 is 1.25 bits per heavy atom. The average molecular weight is 395 g/mol. The number of hydrogen-bond acceptors (Lipinski definition) is 5. The van der Waals surface area contributed by atoms with Crippen molar-refractivity contribution in [1.29, 1.82) is 0 Å². The van der Waals surface area contributed by atoms with Gasteiger partial charge >= 0.3 is 0 Å². The summed E-state index contributed by atoms with van der Waals surface area (Å²) in [5.74, 6) is 0.516. The summed E-state index contributed by atoms with van der Waals surface area (Å²) in [5.41, 5.74) is 1.67. The summed E-state index contributed by atoms with van der Waals surface area (Å²) < 4.78 is 6.56. The van der Waals surface area contributed by atoms with E-state index < -0.39 is 0 Å². The van der Waals surface area contributed by atoms with Crippen molar-refractivity contribution in [3.63, 3.8) is 0 Å². The third kappa shape index (κ3) is 3.45. The summed E-state index contributed by atoms with van der Waals surface area (Å²) in [5, 5.41) is 0.907. The zero-order chi connectivity index (χ0) is 19.7. The summed E-state index contributed by atoms with van der Waals surface area (Å²) in [7, 11) is 1.79. The minimum Gasteiger partial charge on any atom is -0.482 e. The number of hydrogen-bond donors (Lipinski definition) is 0. The lowest BCUT2D eigenvalue weighted by Crippen LogP contribution is -2.41. The summed E-state index contributed by atoms with van der Waals surface area (Å²) in [6.07, 6.45) is 0.242. The first-order valence-electron chi connectivity index (χ1n) is 9.18. The first kappa shape index (κ1) is 18.4. The summed E-state index contributed by atoms with van der Waals surface area (Å²) in [6.45, 7) is 2.31. The van der Waals surface area contributed by atoms with E-state index in [-0.39, 0.29) is 30.9 Å². The highest BCUT2D eigenvalue weighted by atomic mass is 32.1. The van der Waals surface area contributed by atoms with Crippen molar-refractivity contribution < 1.29 is 14.3 Å². The Morgan fingerprint density at radius 2 is 2.00 bits per heavy atom. The number of anilines is 1. The van der Waals surface area contributed by atoms with E-state index in [1.54, 1.807) is 28.2 Å². The minimum atomic E-state index is -0.131. The van der Waals surface area contributed by atoms with Crippen LogP contribution in [0.3, 0.4) is 0 Å². The number of thiazole rings is 1. The summed E-state index contributed by atoms with van der Waals surface area (Å²) in [6, 6.07) is 15.2. The number of fused-ring (bicyclic) bond motifs is 2. The number of amides is 2. The van der Waals surface area contributed by atoms with E-state index in [1.807, 2.05) is 55.5 Å². The minimum absolute atomic E-state index is 0.00313. The van der Waals surface area contributed by atoms with Gasteiger partial charge in [0, 0.05) is 20.0 Å². The van der Waals surface area contributed by atoms with Crippen molar-refractivity contribution in [3.05, 3.63) is 53.5 Å². The van der Waals surface area contributed by atoms with E-state index in [9.17, 15) is 9.59 Å². The maximum atomic E-state index is 12.8. The molecule has 6 nitrogen and oxygen atoms in total. The van der Waals surface area contributed by atoms with Crippen molar-refractivity contribution >= 4 is 39.1 Å². The molecule has 0 fully saturated rings. The molecule has 0 saturated carbocycles. The van der Waals surface area contributed by atoms with Gasteiger partial charge in [-0.3, -0.25) is 9.59 Å². The molecule has 2 aromatic carbocycles. The highest BCUT2D eigenvalue weighted by molar-refractivity contribution is 7.18. The van der Waals surface area contributed by atoms with Gasteiger partial charge in [0.25, 0.3) is 5.91 Å². The molecule has 1 unspecified atom stereocenters. The molecule has 7 heteroatoms. The van der Waals surface area contributed by atoms with Crippen molar-refractivity contribution in [2.24, 2.45) is 0 Å². The fourth-order valence-electron chi connectivity index (χ4n) is 3.23. The van der Waals surface area contributed by atoms with Crippen LogP contribution in [-0.2, 0) is 9.59 Å². The molecule has 0 bridgehead atoms. The lowest BCUT2D eigenvalue weighted by atomic mass is 10.2. The van der Waals surface area contributed by atoms with Gasteiger partial charge in [-0.2, -0.15) is 0 Å². The largest absolute Gasteiger partial charge is 0.482 e. The Hall–Kier alpha value is -2.93. The van der Waals surface area contributed by atoms with Gasteiger partial charge in [-0.15, -0.1) is 11.3 Å². The summed E-state index contributed by atoms with van der Waals surface area (Å²) >= 11 is 1.60. The molecular formula is C21H21N3O3S. The highest BCUT2D eigenvalue weighted by Crippen LogP contribution is 2.32. The third-order valence-electron chi connectivity index (χ3n) is 5.00. The van der Waals surface area contributed by atoms with Gasteiger partial charge in [0.15, 0.2) is 6.61 Å². The van der Waals surface area contributed by atoms with Crippen molar-refractivity contribution in [1.82, 2.24) is 9.88 Å². The highest BCUT2D eigenvalue weighted by Gasteiger charge is 2.27. The predicted molar refractivity (Wildman–Crippen MR) is 110 cm³/mol. The lowest BCUT2D eigenvalue weighted by molar-refractivity contribution is -0.131. The van der Waals surface area contributed by atoms with Crippen LogP contribution in [0.1, 0.15) is 24.4 Å². The number of carbonyl (C=O) groups is 2. The molecule has 1 aliphatic rings. The number of carbonyl (C=O) groups excluding carboxylic acids is 2. The molecule has 1 aromatic heterocycles. The zero-order valence-corrected chi connectivity index (χ0v) is 16.6. The van der Waals surface area contributed by atoms with Crippen molar-refractivity contribution in [2.75, 3.05) is 25.1 Å². The Labute approximate surface area is 167 Å². The van der Waals surface area contributed by atoms with E-state index in [1.165, 1.54) is 0 Å². The fourth-order valence-corrected chi connectivity index (χ4v) is 4.30. The van der Waals surface area contributed by atoms with Crippen LogP contribution in [0.25, 0.3) is 10.2 Å². The molecule has 0 radical (unpaired) electrons. The standard InChI is InChI=1S/C21H21N3O3S/c1-14(21-22-15-7-3-6-10-18(15)28-21)23(2)19(25)11-12-24-16-8-4-5-9-17(16)27-13-20(24)26/h3-10,14H,11-13H2,1-2H3. The van der Waals surface area contributed by atoms with E-state index in [2.05, 4.69) is 4.98 Å². The van der Waals surface area contributed by atoms with Gasteiger partial charge in [-0.05, 0) is 31.2 Å². The smallest absolute Gasteiger partial charge is 0.265 e. The SMILES string of the molecule is CC(c1nc2ccccc2s1)N(C)C(=O)CCN1C(=O)COc2ccccc21. The second-order valence-electron chi connectivity index (χ2n) is 6.75. The number of para-hydroxylation sites is 3. The molecular weight excluding hydrogens is 374 g/mol. The molecule has 2 heterocycles. The fraction of sp³-hybridized carbons (Fsp3) is 0.286. The molecule has 3 aromatic rings. The van der Waals surface area contributed by atoms with Crippen LogP contribution in [0.5, 0.6) is 5.75 Å². The summed E-state index contributed by atoms with van der Waals surface area (Å²) in [4.78, 5) is 33.0. The van der Waals surface area contributed by atoms with Gasteiger partial charge in [0.05, 0.1) is 21.9 Å². The topological polar surface area (TPSA) is 62.7 Å². The van der Waals surface area contributed by atoms with E-state index in [0.29, 0.717) is 18.0 Å². The Bertz CT molecular complexity index is 999. The van der Waals surface area contributed by atoms with Crippen LogP contribution in [0.15, 0.2) is 48.5 Å². The molecule has 0 saturated heterocycles.